The van der Waals surface area contributed by atoms with Crippen LogP contribution in [0.3, 0.4) is 0 Å². The SMILES string of the molecule is FC(F)(F)c1noc2ccc(Br)cc12. The van der Waals surface area contributed by atoms with Crippen LogP contribution in [0.15, 0.2) is 27.2 Å². The van der Waals surface area contributed by atoms with E-state index >= 15 is 0 Å². The van der Waals surface area contributed by atoms with Crippen LogP contribution >= 0.6 is 15.9 Å². The summed E-state index contributed by atoms with van der Waals surface area (Å²) in [5.41, 5.74) is -0.866. The number of hydrogen-bond acceptors (Lipinski definition) is 2. The molecule has 0 atom stereocenters. The molecule has 0 unspecified atom stereocenters. The van der Waals surface area contributed by atoms with Crippen LogP contribution in [0, 0.1) is 0 Å². The summed E-state index contributed by atoms with van der Waals surface area (Å²) in [6.45, 7) is 0. The molecule has 0 fully saturated rings. The van der Waals surface area contributed by atoms with Crippen LogP contribution < -0.4 is 0 Å². The van der Waals surface area contributed by atoms with E-state index in [4.69, 9.17) is 0 Å². The van der Waals surface area contributed by atoms with Crippen molar-refractivity contribution in [1.29, 1.82) is 0 Å². The third kappa shape index (κ3) is 1.50. The Morgan fingerprint density at radius 1 is 1.29 bits per heavy atom. The van der Waals surface area contributed by atoms with Crippen LogP contribution in [0.2, 0.25) is 0 Å². The Labute approximate surface area is 84.8 Å². The zero-order valence-corrected chi connectivity index (χ0v) is 8.19. The molecule has 0 amide bonds. The van der Waals surface area contributed by atoms with Crippen LogP contribution in [0.25, 0.3) is 11.0 Å². The molecule has 0 bridgehead atoms. The Morgan fingerprint density at radius 2 is 2.00 bits per heavy atom. The van der Waals surface area contributed by atoms with Crippen LogP contribution in [0.4, 0.5) is 13.2 Å². The monoisotopic (exact) mass is 265 g/mol. The van der Waals surface area contributed by atoms with Gasteiger partial charge in [0.2, 0.25) is 0 Å². The molecule has 0 saturated carbocycles. The number of rotatable bonds is 0. The highest BCUT2D eigenvalue weighted by Crippen LogP contribution is 2.34. The zero-order valence-electron chi connectivity index (χ0n) is 6.60. The molecule has 1 aromatic heterocycles. The lowest BCUT2D eigenvalue weighted by atomic mass is 10.2. The average Bonchev–Trinajstić information content (AvgIpc) is 2.45. The minimum absolute atomic E-state index is 0.0353. The molecule has 0 N–H and O–H groups in total. The van der Waals surface area contributed by atoms with Crippen molar-refractivity contribution in [1.82, 2.24) is 5.16 Å². The maximum absolute atomic E-state index is 12.3. The second-order valence-electron chi connectivity index (χ2n) is 2.67. The molecule has 0 aliphatic heterocycles. The van der Waals surface area contributed by atoms with E-state index in [0.29, 0.717) is 4.47 Å². The van der Waals surface area contributed by atoms with Crippen LogP contribution in [-0.2, 0) is 6.18 Å². The van der Waals surface area contributed by atoms with Crippen molar-refractivity contribution >= 4 is 26.9 Å². The molecule has 2 rings (SSSR count). The van der Waals surface area contributed by atoms with Crippen LogP contribution in [0.5, 0.6) is 0 Å². The van der Waals surface area contributed by atoms with Gasteiger partial charge in [-0.1, -0.05) is 21.1 Å². The van der Waals surface area contributed by atoms with Gasteiger partial charge in [-0.2, -0.15) is 13.2 Å². The average molecular weight is 266 g/mol. The van der Waals surface area contributed by atoms with Gasteiger partial charge in [0.15, 0.2) is 11.3 Å². The van der Waals surface area contributed by atoms with Crippen molar-refractivity contribution in [3.63, 3.8) is 0 Å². The normalized spacial score (nSPS) is 12.3. The number of nitrogens with zero attached hydrogens (tertiary/aromatic N) is 1. The van der Waals surface area contributed by atoms with Gasteiger partial charge in [0.1, 0.15) is 0 Å². The van der Waals surface area contributed by atoms with Crippen LogP contribution in [-0.4, -0.2) is 5.16 Å². The van der Waals surface area contributed by atoms with Gasteiger partial charge in [0, 0.05) is 4.47 Å². The Balaban J connectivity index is 2.73. The fourth-order valence-electron chi connectivity index (χ4n) is 1.12. The summed E-state index contributed by atoms with van der Waals surface area (Å²) in [7, 11) is 0. The minimum atomic E-state index is -4.48. The molecule has 0 aliphatic rings. The van der Waals surface area contributed by atoms with E-state index in [1.165, 1.54) is 12.1 Å². The lowest BCUT2D eigenvalue weighted by Gasteiger charge is -2.00. The second kappa shape index (κ2) is 2.98. The van der Waals surface area contributed by atoms with E-state index in [2.05, 4.69) is 25.6 Å². The predicted octanol–water partition coefficient (Wildman–Crippen LogP) is 3.61. The number of alkyl halides is 3. The highest BCUT2D eigenvalue weighted by atomic mass is 79.9. The summed E-state index contributed by atoms with van der Waals surface area (Å²) >= 11 is 3.08. The molecule has 74 valence electrons. The second-order valence-corrected chi connectivity index (χ2v) is 3.59. The Hall–Kier alpha value is -1.04. The standard InChI is InChI=1S/C8H3BrF3NO/c9-4-1-2-6-5(3-4)7(13-14-6)8(10,11)12/h1-3H. The van der Waals surface area contributed by atoms with Crippen molar-refractivity contribution in [2.75, 3.05) is 0 Å². The molecule has 2 nitrogen and oxygen atoms in total. The van der Waals surface area contributed by atoms with Gasteiger partial charge >= 0.3 is 6.18 Å². The minimum Gasteiger partial charge on any atom is -0.356 e. The van der Waals surface area contributed by atoms with Gasteiger partial charge in [-0.25, -0.2) is 0 Å². The van der Waals surface area contributed by atoms with Crippen molar-refractivity contribution < 1.29 is 17.7 Å². The van der Waals surface area contributed by atoms with Gasteiger partial charge in [0.25, 0.3) is 0 Å². The summed E-state index contributed by atoms with van der Waals surface area (Å²) in [5.74, 6) is 0. The summed E-state index contributed by atoms with van der Waals surface area (Å²) in [6, 6.07) is 4.35. The fourth-order valence-corrected chi connectivity index (χ4v) is 1.48. The smallest absolute Gasteiger partial charge is 0.356 e. The first-order valence-electron chi connectivity index (χ1n) is 3.60. The molecule has 0 aliphatic carbocycles. The summed E-state index contributed by atoms with van der Waals surface area (Å²) < 4.78 is 42.1. The largest absolute Gasteiger partial charge is 0.437 e. The molecule has 0 saturated heterocycles. The molecule has 2 aromatic rings. The number of halogens is 4. The summed E-state index contributed by atoms with van der Waals surface area (Å²) in [4.78, 5) is 0. The molecule has 0 radical (unpaired) electrons. The molecular weight excluding hydrogens is 263 g/mol. The van der Waals surface area contributed by atoms with Gasteiger partial charge in [0.05, 0.1) is 5.39 Å². The predicted molar refractivity (Wildman–Crippen MR) is 46.7 cm³/mol. The highest BCUT2D eigenvalue weighted by Gasteiger charge is 2.36. The van der Waals surface area contributed by atoms with Crippen LogP contribution in [0.1, 0.15) is 5.69 Å². The van der Waals surface area contributed by atoms with Crippen molar-refractivity contribution in [2.45, 2.75) is 6.18 Å². The Kier molecular flexibility index (Phi) is 2.02. The molecule has 0 spiro atoms. The lowest BCUT2D eigenvalue weighted by Crippen LogP contribution is -2.05. The molecule has 6 heteroatoms. The quantitative estimate of drug-likeness (QED) is 0.728. The van der Waals surface area contributed by atoms with E-state index in [1.807, 2.05) is 0 Å². The van der Waals surface area contributed by atoms with Crippen molar-refractivity contribution in [2.24, 2.45) is 0 Å². The summed E-state index contributed by atoms with van der Waals surface area (Å²) in [6.07, 6.45) is -4.48. The maximum atomic E-state index is 12.3. The maximum Gasteiger partial charge on any atom is 0.437 e. The number of hydrogen-bond donors (Lipinski definition) is 0. The zero-order chi connectivity index (χ0) is 10.3. The van der Waals surface area contributed by atoms with Gasteiger partial charge in [-0.3, -0.25) is 0 Å². The first-order valence-corrected chi connectivity index (χ1v) is 4.40. The fraction of sp³-hybridized carbons (Fsp3) is 0.125. The van der Waals surface area contributed by atoms with Gasteiger partial charge in [-0.05, 0) is 18.2 Å². The highest BCUT2D eigenvalue weighted by molar-refractivity contribution is 9.10. The molecular formula is C8H3BrF3NO. The first kappa shape index (κ1) is 9.51. The van der Waals surface area contributed by atoms with Crippen molar-refractivity contribution in [3.05, 3.63) is 28.4 Å². The number of benzene rings is 1. The van der Waals surface area contributed by atoms with E-state index in [0.717, 1.165) is 0 Å². The number of aromatic nitrogens is 1. The van der Waals surface area contributed by atoms with E-state index in [-0.39, 0.29) is 11.0 Å². The molecule has 1 aromatic carbocycles. The first-order chi connectivity index (χ1) is 6.48. The Morgan fingerprint density at radius 3 is 2.64 bits per heavy atom. The Bertz CT molecular complexity index is 477. The molecule has 1 heterocycles. The topological polar surface area (TPSA) is 26.0 Å². The van der Waals surface area contributed by atoms with E-state index < -0.39 is 11.9 Å². The van der Waals surface area contributed by atoms with Crippen molar-refractivity contribution in [3.8, 4) is 0 Å². The third-order valence-corrected chi connectivity index (χ3v) is 2.19. The van der Waals surface area contributed by atoms with Gasteiger partial charge < -0.3 is 4.52 Å². The third-order valence-electron chi connectivity index (χ3n) is 1.70. The van der Waals surface area contributed by atoms with Gasteiger partial charge in [-0.15, -0.1) is 0 Å². The van der Waals surface area contributed by atoms with E-state index in [1.54, 1.807) is 6.07 Å². The summed E-state index contributed by atoms with van der Waals surface area (Å²) in [5, 5.41) is 2.95. The molecule has 14 heavy (non-hydrogen) atoms. The lowest BCUT2D eigenvalue weighted by molar-refractivity contribution is -0.141. The van der Waals surface area contributed by atoms with E-state index in [9.17, 15) is 13.2 Å². The number of fused-ring (bicyclic) bond motifs is 1.